The van der Waals surface area contributed by atoms with Gasteiger partial charge in [-0.05, 0) is 23.1 Å². The quantitative estimate of drug-likeness (QED) is 0.578. The summed E-state index contributed by atoms with van der Waals surface area (Å²) in [5.74, 6) is 0.910. The molecule has 4 rings (SSSR count). The maximum Gasteiger partial charge on any atom is 0.321 e. The molecule has 4 heteroatoms. The van der Waals surface area contributed by atoms with Crippen molar-refractivity contribution < 1.29 is 4.42 Å². The van der Waals surface area contributed by atoms with Crippen molar-refractivity contribution in [2.75, 3.05) is 0 Å². The Morgan fingerprint density at radius 2 is 1.83 bits per heavy atom. The van der Waals surface area contributed by atoms with E-state index in [2.05, 4.69) is 28.1 Å². The number of benzene rings is 2. The summed E-state index contributed by atoms with van der Waals surface area (Å²) in [7, 11) is 0. The lowest BCUT2D eigenvalue weighted by molar-refractivity contribution is 0.635. The lowest BCUT2D eigenvalue weighted by Crippen LogP contribution is -2.32. The Balaban J connectivity index is 2.15. The van der Waals surface area contributed by atoms with Gasteiger partial charge in [0.1, 0.15) is 11.3 Å². The Bertz CT molecular complexity index is 781. The molecule has 0 saturated carbocycles. The topological polar surface area (TPSA) is 13.1 Å². The van der Waals surface area contributed by atoms with Gasteiger partial charge < -0.3 is 4.42 Å². The summed E-state index contributed by atoms with van der Waals surface area (Å²) in [6.07, 6.45) is -0.144. The Hall–Kier alpha value is -1.19. The summed E-state index contributed by atoms with van der Waals surface area (Å²) in [6, 6.07) is 14.1. The summed E-state index contributed by atoms with van der Waals surface area (Å²) in [6.45, 7) is 0. The predicted molar refractivity (Wildman–Crippen MR) is 80.2 cm³/mol. The number of rotatable bonds is 0. The van der Waals surface area contributed by atoms with E-state index in [0.717, 1.165) is 37.7 Å². The van der Waals surface area contributed by atoms with Crippen molar-refractivity contribution in [3.8, 4) is 11.3 Å². The van der Waals surface area contributed by atoms with Crippen LogP contribution in [0.3, 0.4) is 0 Å². The zero-order valence-corrected chi connectivity index (χ0v) is 11.6. The molecule has 0 N–H and O–H groups in total. The third-order valence-electron chi connectivity index (χ3n) is 3.44. The van der Waals surface area contributed by atoms with Crippen LogP contribution in [0.2, 0.25) is 0 Å². The Morgan fingerprint density at radius 1 is 1.00 bits per heavy atom. The molecule has 1 aliphatic heterocycles. The van der Waals surface area contributed by atoms with Gasteiger partial charge in [0.2, 0.25) is 0 Å². The minimum Gasteiger partial charge on any atom is -0.457 e. The van der Waals surface area contributed by atoms with Gasteiger partial charge in [-0.3, -0.25) is 0 Å². The zero-order chi connectivity index (χ0) is 12.3. The first kappa shape index (κ1) is 10.7. The van der Waals surface area contributed by atoms with Crippen LogP contribution in [0, 0.1) is 0 Å². The van der Waals surface area contributed by atoms with Gasteiger partial charge in [0.25, 0.3) is 0 Å². The van der Waals surface area contributed by atoms with E-state index in [1.807, 2.05) is 30.3 Å². The number of furan rings is 1. The van der Waals surface area contributed by atoms with Gasteiger partial charge >= 0.3 is 6.13 Å². The monoisotopic (exact) mass is 316 g/mol. The van der Waals surface area contributed by atoms with E-state index in [1.54, 1.807) is 0 Å². The largest absolute Gasteiger partial charge is 0.457 e. The van der Waals surface area contributed by atoms with Crippen LogP contribution >= 0.6 is 27.4 Å². The molecule has 1 aromatic heterocycles. The molecule has 0 unspecified atom stereocenters. The second kappa shape index (κ2) is 3.66. The van der Waals surface area contributed by atoms with Crippen molar-refractivity contribution in [1.82, 2.24) is 0 Å². The van der Waals surface area contributed by atoms with E-state index < -0.39 is 0 Å². The number of hydrogen-bond donors (Lipinski definition) is 0. The third-order valence-corrected chi connectivity index (χ3v) is 4.57. The fraction of sp³-hybridized carbons (Fsp3) is 0. The highest BCUT2D eigenvalue weighted by Crippen LogP contribution is 2.33. The van der Waals surface area contributed by atoms with E-state index in [0.29, 0.717) is 0 Å². The highest BCUT2D eigenvalue weighted by Gasteiger charge is 2.37. The molecule has 0 spiro atoms. The number of halogens is 2. The van der Waals surface area contributed by atoms with Gasteiger partial charge in [-0.2, -0.15) is 11.5 Å². The summed E-state index contributed by atoms with van der Waals surface area (Å²) in [5, 5.41) is 1.11. The third kappa shape index (κ3) is 1.24. The summed E-state index contributed by atoms with van der Waals surface area (Å²) >= 11 is 10.2. The maximum absolute atomic E-state index is 6.61. The molecule has 2 aromatic carbocycles. The lowest BCUT2D eigenvalue weighted by atomic mass is 9.65. The van der Waals surface area contributed by atoms with Gasteiger partial charge in [0, 0.05) is 15.4 Å². The second-order valence-electron chi connectivity index (χ2n) is 4.40. The van der Waals surface area contributed by atoms with Crippen LogP contribution in [0.15, 0.2) is 51.4 Å². The SMILES string of the molecule is ClB1c2c(Br)cccc2-c2oc3ccccc3c21. The van der Waals surface area contributed by atoms with Crippen LogP contribution in [0.4, 0.5) is 0 Å². The molecule has 0 saturated heterocycles. The van der Waals surface area contributed by atoms with E-state index in [-0.39, 0.29) is 6.13 Å². The molecule has 3 aromatic rings. The van der Waals surface area contributed by atoms with E-state index in [1.165, 1.54) is 0 Å². The molecule has 0 aliphatic carbocycles. The smallest absolute Gasteiger partial charge is 0.321 e. The Kier molecular flexibility index (Phi) is 2.18. The first-order chi connectivity index (χ1) is 8.77. The Morgan fingerprint density at radius 3 is 2.72 bits per heavy atom. The number of para-hydroxylation sites is 1. The molecule has 1 aliphatic rings. The minimum atomic E-state index is -0.144. The van der Waals surface area contributed by atoms with Gasteiger partial charge in [-0.15, -0.1) is 0 Å². The van der Waals surface area contributed by atoms with Crippen molar-refractivity contribution >= 4 is 55.4 Å². The predicted octanol–water partition coefficient (Wildman–Crippen LogP) is 3.52. The zero-order valence-electron chi connectivity index (χ0n) is 9.28. The fourth-order valence-electron chi connectivity index (χ4n) is 2.65. The standard InChI is InChI=1S/C14H7BBrClO/c16-10-6-3-5-9-12(10)15(17)13-8-4-1-2-7-11(8)18-14(9)13/h1-7H. The minimum absolute atomic E-state index is 0.144. The van der Waals surface area contributed by atoms with Gasteiger partial charge in [-0.25, -0.2) is 0 Å². The van der Waals surface area contributed by atoms with Crippen LogP contribution in [-0.4, -0.2) is 6.13 Å². The maximum atomic E-state index is 6.61. The van der Waals surface area contributed by atoms with Crippen molar-refractivity contribution in [1.29, 1.82) is 0 Å². The van der Waals surface area contributed by atoms with E-state index in [9.17, 15) is 0 Å². The van der Waals surface area contributed by atoms with Crippen molar-refractivity contribution in [3.05, 3.63) is 46.9 Å². The molecular formula is C14H7BBrClO. The van der Waals surface area contributed by atoms with Crippen molar-refractivity contribution in [2.45, 2.75) is 0 Å². The van der Waals surface area contributed by atoms with Crippen LogP contribution in [0.25, 0.3) is 22.3 Å². The van der Waals surface area contributed by atoms with Crippen molar-refractivity contribution in [3.63, 3.8) is 0 Å². The molecule has 18 heavy (non-hydrogen) atoms. The van der Waals surface area contributed by atoms with Gasteiger partial charge in [0.05, 0.1) is 0 Å². The summed E-state index contributed by atoms with van der Waals surface area (Å²) in [4.78, 5) is 0. The van der Waals surface area contributed by atoms with Crippen LogP contribution in [-0.2, 0) is 0 Å². The molecule has 0 atom stereocenters. The van der Waals surface area contributed by atoms with E-state index >= 15 is 0 Å². The number of fused-ring (bicyclic) bond motifs is 5. The molecular weight excluding hydrogens is 310 g/mol. The molecule has 2 heterocycles. The second-order valence-corrected chi connectivity index (χ2v) is 5.70. The average Bonchev–Trinajstić information content (AvgIpc) is 2.88. The molecule has 0 radical (unpaired) electrons. The Labute approximate surface area is 118 Å². The van der Waals surface area contributed by atoms with Crippen LogP contribution in [0.1, 0.15) is 0 Å². The summed E-state index contributed by atoms with van der Waals surface area (Å²) in [5.41, 5.74) is 4.20. The van der Waals surface area contributed by atoms with E-state index in [4.69, 9.17) is 15.9 Å². The first-order valence-electron chi connectivity index (χ1n) is 5.71. The lowest BCUT2D eigenvalue weighted by Gasteiger charge is -2.04. The van der Waals surface area contributed by atoms with Crippen LogP contribution < -0.4 is 10.9 Å². The normalized spacial score (nSPS) is 12.9. The van der Waals surface area contributed by atoms with Crippen LogP contribution in [0.5, 0.6) is 0 Å². The van der Waals surface area contributed by atoms with Gasteiger partial charge in [-0.1, -0.05) is 46.3 Å². The molecule has 1 nitrogen and oxygen atoms in total. The molecule has 0 amide bonds. The number of hydrogen-bond acceptors (Lipinski definition) is 1. The molecule has 86 valence electrons. The molecule has 0 bridgehead atoms. The summed E-state index contributed by atoms with van der Waals surface area (Å²) < 4.78 is 6.99. The highest BCUT2D eigenvalue weighted by atomic mass is 79.9. The highest BCUT2D eigenvalue weighted by molar-refractivity contribution is 9.10. The van der Waals surface area contributed by atoms with Crippen molar-refractivity contribution in [2.24, 2.45) is 0 Å². The van der Waals surface area contributed by atoms with Gasteiger partial charge in [0.15, 0.2) is 0 Å². The average molecular weight is 317 g/mol. The first-order valence-corrected chi connectivity index (χ1v) is 6.94. The fourth-order valence-corrected chi connectivity index (χ4v) is 3.83. The molecule has 0 fully saturated rings.